The Labute approximate surface area is 138 Å². The summed E-state index contributed by atoms with van der Waals surface area (Å²) in [5.41, 5.74) is 1.56. The Morgan fingerprint density at radius 1 is 0.958 bits per heavy atom. The highest BCUT2D eigenvalue weighted by atomic mass is 19.1. The summed E-state index contributed by atoms with van der Waals surface area (Å²) < 4.78 is 28.7. The normalized spacial score (nSPS) is 15.9. The predicted octanol–water partition coefficient (Wildman–Crippen LogP) is 4.08. The summed E-state index contributed by atoms with van der Waals surface area (Å²) in [5, 5.41) is 9.26. The average molecular weight is 323 g/mol. The number of halogens is 2. The largest absolute Gasteiger partial charge is 0.276 e. The fourth-order valence-electron chi connectivity index (χ4n) is 3.14. The van der Waals surface area contributed by atoms with Crippen LogP contribution in [0, 0.1) is 11.6 Å². The maximum absolute atomic E-state index is 14.5. The molecule has 0 fully saturated rings. The highest BCUT2D eigenvalue weighted by Gasteiger charge is 2.32. The molecule has 0 aliphatic carbocycles. The summed E-state index contributed by atoms with van der Waals surface area (Å²) in [6.45, 7) is 3.80. The van der Waals surface area contributed by atoms with Gasteiger partial charge in [-0.2, -0.15) is 0 Å². The van der Waals surface area contributed by atoms with Gasteiger partial charge < -0.3 is 0 Å². The van der Waals surface area contributed by atoms with Gasteiger partial charge in [0.05, 0.1) is 16.8 Å². The highest BCUT2D eigenvalue weighted by Crippen LogP contribution is 2.32. The molecule has 2 aromatic carbocycles. The zero-order valence-electron chi connectivity index (χ0n) is 13.3. The van der Waals surface area contributed by atoms with Gasteiger partial charge in [0.15, 0.2) is 0 Å². The van der Waals surface area contributed by atoms with Crippen LogP contribution in [0.2, 0.25) is 0 Å². The minimum absolute atomic E-state index is 0.193. The van der Waals surface area contributed by atoms with Crippen molar-refractivity contribution in [1.82, 2.24) is 10.2 Å². The molecule has 3 aromatic rings. The van der Waals surface area contributed by atoms with Crippen molar-refractivity contribution in [2.45, 2.75) is 25.8 Å². The van der Waals surface area contributed by atoms with Gasteiger partial charge in [-0.3, -0.25) is 4.99 Å². The first-order valence-electron chi connectivity index (χ1n) is 7.74. The Morgan fingerprint density at radius 2 is 1.71 bits per heavy atom. The minimum Gasteiger partial charge on any atom is -0.276 e. The van der Waals surface area contributed by atoms with E-state index in [0.29, 0.717) is 23.4 Å². The van der Waals surface area contributed by atoms with E-state index in [2.05, 4.69) is 15.2 Å². The third-order valence-electron chi connectivity index (χ3n) is 4.20. The Bertz CT molecular complexity index is 993. The van der Waals surface area contributed by atoms with Crippen molar-refractivity contribution in [1.29, 1.82) is 0 Å². The van der Waals surface area contributed by atoms with Crippen molar-refractivity contribution in [3.63, 3.8) is 0 Å². The molecule has 0 bridgehead atoms. The summed E-state index contributed by atoms with van der Waals surface area (Å²) in [7, 11) is 0. The maximum Gasteiger partial charge on any atom is 0.133 e. The van der Waals surface area contributed by atoms with E-state index in [4.69, 9.17) is 0 Å². The van der Waals surface area contributed by atoms with Gasteiger partial charge in [0.2, 0.25) is 0 Å². The Hall–Kier alpha value is -2.69. The molecule has 0 unspecified atom stereocenters. The monoisotopic (exact) mass is 323 g/mol. The number of aromatic nitrogens is 2. The molecule has 1 aliphatic heterocycles. The molecule has 0 amide bonds. The van der Waals surface area contributed by atoms with Crippen molar-refractivity contribution in [3.8, 4) is 0 Å². The van der Waals surface area contributed by atoms with Crippen molar-refractivity contribution in [3.05, 3.63) is 70.9 Å². The van der Waals surface area contributed by atoms with Gasteiger partial charge in [0.1, 0.15) is 17.3 Å². The second kappa shape index (κ2) is 5.16. The highest BCUT2D eigenvalue weighted by molar-refractivity contribution is 6.14. The van der Waals surface area contributed by atoms with Crippen LogP contribution in [0.1, 0.15) is 30.7 Å². The minimum atomic E-state index is -0.537. The van der Waals surface area contributed by atoms with E-state index in [0.717, 1.165) is 17.0 Å². The summed E-state index contributed by atoms with van der Waals surface area (Å²) in [6.07, 6.45) is 0.344. The van der Waals surface area contributed by atoms with Gasteiger partial charge in [-0.05, 0) is 38.1 Å². The van der Waals surface area contributed by atoms with Crippen molar-refractivity contribution in [2.24, 2.45) is 4.99 Å². The van der Waals surface area contributed by atoms with Gasteiger partial charge in [0.25, 0.3) is 0 Å². The van der Waals surface area contributed by atoms with Gasteiger partial charge in [-0.25, -0.2) is 8.78 Å². The second-order valence-corrected chi connectivity index (χ2v) is 6.62. The molecule has 4 rings (SSSR count). The molecule has 5 heteroatoms. The summed E-state index contributed by atoms with van der Waals surface area (Å²) >= 11 is 0. The molecule has 24 heavy (non-hydrogen) atoms. The Kier molecular flexibility index (Phi) is 3.20. The van der Waals surface area contributed by atoms with Crippen LogP contribution >= 0.6 is 0 Å². The lowest BCUT2D eigenvalue weighted by Crippen LogP contribution is -2.31. The molecule has 0 atom stereocenters. The first-order valence-corrected chi connectivity index (χ1v) is 7.74. The molecule has 0 saturated heterocycles. The number of hydrogen-bond donors (Lipinski definition) is 0. The Balaban J connectivity index is 1.99. The maximum atomic E-state index is 14.5. The van der Waals surface area contributed by atoms with Crippen LogP contribution in [0.25, 0.3) is 10.9 Å². The van der Waals surface area contributed by atoms with Crippen molar-refractivity contribution in [2.75, 3.05) is 0 Å². The van der Waals surface area contributed by atoms with E-state index < -0.39 is 17.2 Å². The molecule has 0 radical (unpaired) electrons. The number of nitrogens with zero attached hydrogens (tertiary/aromatic N) is 3. The number of benzene rings is 2. The number of hydrogen-bond acceptors (Lipinski definition) is 3. The standard InChI is InChI=1S/C19H15F2N3/c1-19(2)10-12-13(20)7-8-14(21)17(12)18(22-19)16-9-11-5-3-4-6-15(11)23-24-16/h3-9H,10H2,1-2H3. The zero-order chi connectivity index (χ0) is 16.9. The lowest BCUT2D eigenvalue weighted by molar-refractivity contribution is 0.485. The summed E-state index contributed by atoms with van der Waals surface area (Å²) in [4.78, 5) is 4.64. The first-order chi connectivity index (χ1) is 11.4. The SMILES string of the molecule is CC1(C)Cc2c(F)ccc(F)c2C(c2cc3ccccc3nn2)=N1. The molecule has 0 N–H and O–H groups in total. The molecule has 0 saturated carbocycles. The predicted molar refractivity (Wildman–Crippen MR) is 89.3 cm³/mol. The molecule has 1 aliphatic rings. The number of fused-ring (bicyclic) bond motifs is 2. The quantitative estimate of drug-likeness (QED) is 0.677. The third kappa shape index (κ3) is 2.37. The van der Waals surface area contributed by atoms with E-state index >= 15 is 0 Å². The van der Waals surface area contributed by atoms with E-state index in [-0.39, 0.29) is 5.56 Å². The second-order valence-electron chi connectivity index (χ2n) is 6.62. The third-order valence-corrected chi connectivity index (χ3v) is 4.20. The van der Waals surface area contributed by atoms with Crippen LogP contribution in [0.3, 0.4) is 0 Å². The number of rotatable bonds is 1. The lowest BCUT2D eigenvalue weighted by Gasteiger charge is -2.29. The van der Waals surface area contributed by atoms with Crippen LogP contribution in [0.15, 0.2) is 47.5 Å². The van der Waals surface area contributed by atoms with Crippen LogP contribution < -0.4 is 0 Å². The topological polar surface area (TPSA) is 38.1 Å². The molecular weight excluding hydrogens is 308 g/mol. The fraction of sp³-hybridized carbons (Fsp3) is 0.211. The smallest absolute Gasteiger partial charge is 0.133 e. The first kappa shape index (κ1) is 14.9. The summed E-state index contributed by atoms with van der Waals surface area (Å²) in [6, 6.07) is 11.7. The lowest BCUT2D eigenvalue weighted by atomic mass is 9.85. The van der Waals surface area contributed by atoms with Crippen LogP contribution in [0.5, 0.6) is 0 Å². The molecule has 120 valence electrons. The average Bonchev–Trinajstić information content (AvgIpc) is 2.56. The van der Waals surface area contributed by atoms with Gasteiger partial charge in [0, 0.05) is 22.9 Å². The van der Waals surface area contributed by atoms with Gasteiger partial charge in [-0.1, -0.05) is 18.2 Å². The van der Waals surface area contributed by atoms with Gasteiger partial charge in [-0.15, -0.1) is 10.2 Å². The van der Waals surface area contributed by atoms with Crippen LogP contribution in [0.4, 0.5) is 8.78 Å². The van der Waals surface area contributed by atoms with Crippen LogP contribution in [-0.2, 0) is 6.42 Å². The molecule has 0 spiro atoms. The van der Waals surface area contributed by atoms with Crippen molar-refractivity contribution < 1.29 is 8.78 Å². The molecule has 1 aromatic heterocycles. The van der Waals surface area contributed by atoms with E-state index in [9.17, 15) is 8.78 Å². The summed E-state index contributed by atoms with van der Waals surface area (Å²) in [5.74, 6) is -0.906. The van der Waals surface area contributed by atoms with E-state index in [1.807, 2.05) is 44.2 Å². The van der Waals surface area contributed by atoms with Crippen molar-refractivity contribution >= 4 is 16.6 Å². The molecule has 3 nitrogen and oxygen atoms in total. The number of aliphatic imine (C=N–C) groups is 1. The van der Waals surface area contributed by atoms with Gasteiger partial charge >= 0.3 is 0 Å². The van der Waals surface area contributed by atoms with E-state index in [1.54, 1.807) is 0 Å². The van der Waals surface area contributed by atoms with E-state index in [1.165, 1.54) is 6.07 Å². The van der Waals surface area contributed by atoms with Crippen LogP contribution in [-0.4, -0.2) is 21.4 Å². The Morgan fingerprint density at radius 3 is 2.54 bits per heavy atom. The molecule has 2 heterocycles. The zero-order valence-corrected chi connectivity index (χ0v) is 13.3. The molecular formula is C19H15F2N3. The fourth-order valence-corrected chi connectivity index (χ4v) is 3.14.